The molecule has 1 spiro atoms. The Kier molecular flexibility index (Phi) is 9.32. The molecule has 0 saturated heterocycles. The molecule has 0 saturated carbocycles. The van der Waals surface area contributed by atoms with E-state index in [0.29, 0.717) is 0 Å². The predicted octanol–water partition coefficient (Wildman–Crippen LogP) is 17.6. The number of benzene rings is 11. The summed E-state index contributed by atoms with van der Waals surface area (Å²) in [5, 5.41) is 2.28. The standard InChI is InChI=1S/C69H46O/c1-4-17-45(18-5-1)48-31-35-50(36-32-48)66-57-24-10-13-28-61(57)69(63-43-52(39-41-59(63)66)46-19-6-2-7-20-46)62-29-14-11-25-58(62)67(60-42-40-53(44-64(60)69)47-21-8-3-9-22-47)51-37-33-49(34-38-51)54-26-16-27-56-55-23-12-15-30-65(55)70-68(54)56/h1-44,66-67H. The molecule has 0 aliphatic heterocycles. The molecule has 11 aromatic carbocycles. The van der Waals surface area contributed by atoms with Crippen LogP contribution in [0.4, 0.5) is 0 Å². The zero-order chi connectivity index (χ0) is 46.2. The van der Waals surface area contributed by atoms with E-state index in [9.17, 15) is 0 Å². The molecule has 3 atom stereocenters. The molecule has 2 aliphatic carbocycles. The summed E-state index contributed by atoms with van der Waals surface area (Å²) >= 11 is 0. The zero-order valence-corrected chi connectivity index (χ0v) is 38.5. The number of hydrogen-bond acceptors (Lipinski definition) is 1. The van der Waals surface area contributed by atoms with Gasteiger partial charge < -0.3 is 4.42 Å². The molecular weight excluding hydrogens is 845 g/mol. The van der Waals surface area contributed by atoms with E-state index in [1.54, 1.807) is 0 Å². The van der Waals surface area contributed by atoms with E-state index in [1.165, 1.54) is 89.0 Å². The van der Waals surface area contributed by atoms with Crippen molar-refractivity contribution in [2.75, 3.05) is 0 Å². The van der Waals surface area contributed by atoms with Gasteiger partial charge in [0.15, 0.2) is 0 Å². The van der Waals surface area contributed by atoms with Crippen LogP contribution in [0.3, 0.4) is 0 Å². The molecule has 0 bridgehead atoms. The number of hydrogen-bond donors (Lipinski definition) is 0. The minimum Gasteiger partial charge on any atom is -0.455 e. The van der Waals surface area contributed by atoms with Crippen molar-refractivity contribution in [1.29, 1.82) is 0 Å². The van der Waals surface area contributed by atoms with E-state index < -0.39 is 5.41 Å². The third kappa shape index (κ3) is 6.18. The Morgan fingerprint density at radius 3 is 1.21 bits per heavy atom. The van der Waals surface area contributed by atoms with Gasteiger partial charge >= 0.3 is 0 Å². The summed E-state index contributed by atoms with van der Waals surface area (Å²) in [4.78, 5) is 0. The second kappa shape index (κ2) is 16.2. The van der Waals surface area contributed by atoms with E-state index in [-0.39, 0.29) is 11.8 Å². The quantitative estimate of drug-likeness (QED) is 0.162. The molecule has 1 aromatic heterocycles. The Morgan fingerprint density at radius 2 is 0.671 bits per heavy atom. The maximum atomic E-state index is 6.54. The normalized spacial score (nSPS) is 16.6. The fraction of sp³-hybridized carbons (Fsp3) is 0.0435. The summed E-state index contributed by atoms with van der Waals surface area (Å²) in [6.45, 7) is 0. The van der Waals surface area contributed by atoms with Gasteiger partial charge in [-0.3, -0.25) is 0 Å². The summed E-state index contributed by atoms with van der Waals surface area (Å²) < 4.78 is 6.54. The lowest BCUT2D eigenvalue weighted by atomic mass is 9.51. The van der Waals surface area contributed by atoms with Crippen molar-refractivity contribution in [3.63, 3.8) is 0 Å². The maximum Gasteiger partial charge on any atom is 0.143 e. The van der Waals surface area contributed by atoms with Crippen LogP contribution >= 0.6 is 0 Å². The lowest BCUT2D eigenvalue weighted by molar-refractivity contribution is 0.640. The van der Waals surface area contributed by atoms with Gasteiger partial charge in [0, 0.05) is 28.2 Å². The monoisotopic (exact) mass is 890 g/mol. The minimum absolute atomic E-state index is 0.0147. The molecule has 12 aromatic rings. The molecule has 1 heterocycles. The van der Waals surface area contributed by atoms with Gasteiger partial charge in [0.1, 0.15) is 11.2 Å². The SMILES string of the molecule is c1ccc(-c2ccc(C3c4ccccc4C4(c5ccccc5C(c5ccc(-c6cccc7c6oc6ccccc67)cc5)c5ccc(-c6ccccc6)cc54)c4cc(-c5ccccc5)ccc43)cc2)cc1. The van der Waals surface area contributed by atoms with E-state index in [4.69, 9.17) is 4.42 Å². The van der Waals surface area contributed by atoms with Crippen molar-refractivity contribution in [1.82, 2.24) is 0 Å². The number of furan rings is 1. The van der Waals surface area contributed by atoms with Crippen LogP contribution < -0.4 is 0 Å². The first-order chi connectivity index (χ1) is 34.7. The Bertz CT molecular complexity index is 3920. The molecule has 14 rings (SSSR count). The van der Waals surface area contributed by atoms with Crippen LogP contribution in [0.5, 0.6) is 0 Å². The van der Waals surface area contributed by atoms with Gasteiger partial charge in [-0.2, -0.15) is 0 Å². The topological polar surface area (TPSA) is 13.1 Å². The van der Waals surface area contributed by atoms with Gasteiger partial charge in [0.05, 0.1) is 5.41 Å². The second-order valence-corrected chi connectivity index (χ2v) is 19.0. The van der Waals surface area contributed by atoms with Crippen LogP contribution in [0.15, 0.2) is 271 Å². The molecular formula is C69H46O. The smallest absolute Gasteiger partial charge is 0.143 e. The molecule has 2 aliphatic rings. The van der Waals surface area contributed by atoms with Crippen LogP contribution in [0.25, 0.3) is 66.4 Å². The van der Waals surface area contributed by atoms with Gasteiger partial charge in [-0.05, 0) is 113 Å². The third-order valence-corrected chi connectivity index (χ3v) is 15.4. The van der Waals surface area contributed by atoms with Crippen molar-refractivity contribution >= 4 is 21.9 Å². The van der Waals surface area contributed by atoms with Gasteiger partial charge in [-0.1, -0.05) is 249 Å². The molecule has 0 N–H and O–H groups in total. The van der Waals surface area contributed by atoms with Gasteiger partial charge in [0.25, 0.3) is 0 Å². The van der Waals surface area contributed by atoms with Crippen LogP contribution in [-0.2, 0) is 5.41 Å². The molecule has 0 fully saturated rings. The lowest BCUT2D eigenvalue weighted by Gasteiger charge is -2.50. The molecule has 3 unspecified atom stereocenters. The average molecular weight is 891 g/mol. The first kappa shape index (κ1) is 40.3. The minimum atomic E-state index is -0.651. The Hall–Kier alpha value is -8.78. The van der Waals surface area contributed by atoms with Crippen molar-refractivity contribution in [3.05, 3.63) is 323 Å². The van der Waals surface area contributed by atoms with Gasteiger partial charge in [-0.15, -0.1) is 0 Å². The fourth-order valence-corrected chi connectivity index (χ4v) is 12.3. The Balaban J connectivity index is 1.02. The Morgan fingerprint density at radius 1 is 0.271 bits per heavy atom. The van der Waals surface area contributed by atoms with E-state index in [0.717, 1.165) is 33.1 Å². The highest BCUT2D eigenvalue weighted by molar-refractivity contribution is 6.09. The van der Waals surface area contributed by atoms with Crippen LogP contribution in [-0.4, -0.2) is 0 Å². The molecule has 0 radical (unpaired) electrons. The Labute approximate surface area is 408 Å². The molecule has 0 amide bonds. The first-order valence-corrected chi connectivity index (χ1v) is 24.5. The maximum absolute atomic E-state index is 6.54. The highest BCUT2D eigenvalue weighted by Gasteiger charge is 2.52. The summed E-state index contributed by atoms with van der Waals surface area (Å²) in [5.41, 5.74) is 23.9. The van der Waals surface area contributed by atoms with Crippen molar-refractivity contribution in [3.8, 4) is 44.5 Å². The van der Waals surface area contributed by atoms with Crippen LogP contribution in [0.1, 0.15) is 67.5 Å². The van der Waals surface area contributed by atoms with E-state index in [1.807, 2.05) is 6.07 Å². The highest BCUT2D eigenvalue weighted by atomic mass is 16.3. The van der Waals surface area contributed by atoms with Crippen LogP contribution in [0.2, 0.25) is 0 Å². The third-order valence-electron chi connectivity index (χ3n) is 15.4. The lowest BCUT2D eigenvalue weighted by Crippen LogP contribution is -2.42. The molecule has 1 heteroatoms. The fourth-order valence-electron chi connectivity index (χ4n) is 12.3. The van der Waals surface area contributed by atoms with Crippen molar-refractivity contribution < 1.29 is 4.42 Å². The number of para-hydroxylation sites is 2. The zero-order valence-electron chi connectivity index (χ0n) is 38.5. The second-order valence-electron chi connectivity index (χ2n) is 19.0. The van der Waals surface area contributed by atoms with Gasteiger partial charge in [0.2, 0.25) is 0 Å². The predicted molar refractivity (Wildman–Crippen MR) is 289 cm³/mol. The first-order valence-electron chi connectivity index (χ1n) is 24.5. The van der Waals surface area contributed by atoms with Gasteiger partial charge in [-0.25, -0.2) is 0 Å². The summed E-state index contributed by atoms with van der Waals surface area (Å²) in [6, 6.07) is 99.4. The molecule has 1 nitrogen and oxygen atoms in total. The van der Waals surface area contributed by atoms with E-state index in [2.05, 4.69) is 261 Å². The van der Waals surface area contributed by atoms with Crippen molar-refractivity contribution in [2.24, 2.45) is 0 Å². The summed E-state index contributed by atoms with van der Waals surface area (Å²) in [5.74, 6) is -0.00488. The average Bonchev–Trinajstić information content (AvgIpc) is 3.83. The highest BCUT2D eigenvalue weighted by Crippen LogP contribution is 2.62. The van der Waals surface area contributed by atoms with Crippen molar-refractivity contribution in [2.45, 2.75) is 17.3 Å². The van der Waals surface area contributed by atoms with E-state index >= 15 is 0 Å². The summed E-state index contributed by atoms with van der Waals surface area (Å²) in [7, 11) is 0. The largest absolute Gasteiger partial charge is 0.455 e. The number of rotatable bonds is 6. The molecule has 328 valence electrons. The van der Waals surface area contributed by atoms with Crippen LogP contribution in [0, 0.1) is 0 Å². The summed E-state index contributed by atoms with van der Waals surface area (Å²) in [6.07, 6.45) is 0. The number of fused-ring (bicyclic) bond motifs is 11. The molecule has 70 heavy (non-hydrogen) atoms.